The second kappa shape index (κ2) is 7.53. The Morgan fingerprint density at radius 1 is 1.29 bits per heavy atom. The van der Waals surface area contributed by atoms with E-state index in [9.17, 15) is 9.59 Å². The number of aromatic nitrogens is 1. The molecule has 2 amide bonds. The molecule has 0 saturated carbocycles. The fourth-order valence-electron chi connectivity index (χ4n) is 1.48. The van der Waals surface area contributed by atoms with Crippen LogP contribution in [0.3, 0.4) is 0 Å². The lowest BCUT2D eigenvalue weighted by Crippen LogP contribution is -2.36. The van der Waals surface area contributed by atoms with Crippen LogP contribution in [-0.4, -0.2) is 28.6 Å². The lowest BCUT2D eigenvalue weighted by molar-refractivity contribution is 0.0691. The Morgan fingerprint density at radius 2 is 2.10 bits per heavy atom. The van der Waals surface area contributed by atoms with Crippen LogP contribution < -0.4 is 10.6 Å². The molecule has 0 aromatic carbocycles. The van der Waals surface area contributed by atoms with Crippen molar-refractivity contribution >= 4 is 50.6 Å². The second-order valence-electron chi connectivity index (χ2n) is 4.02. The van der Waals surface area contributed by atoms with Crippen molar-refractivity contribution in [1.29, 1.82) is 0 Å². The maximum absolute atomic E-state index is 11.6. The Hall–Kier alpha value is -1.45. The Labute approximate surface area is 137 Å². The molecule has 112 valence electrons. The quantitative estimate of drug-likeness (QED) is 0.707. The van der Waals surface area contributed by atoms with E-state index >= 15 is 0 Å². The molecular weight excluding hydrogens is 378 g/mol. The van der Waals surface area contributed by atoms with E-state index in [0.29, 0.717) is 24.5 Å². The standard InChI is InChI=1S/C12H12BrN3O3S2/c13-7-3-8(20-5-7)4-15-12(19)14-2-1-10-16-9(6-21-10)11(17)18/h3,5-6H,1-2,4H2,(H,17,18)(H2,14,15,19). The zero-order chi connectivity index (χ0) is 15.2. The Kier molecular flexibility index (Phi) is 5.71. The van der Waals surface area contributed by atoms with E-state index in [1.54, 1.807) is 11.3 Å². The number of nitrogens with zero attached hydrogens (tertiary/aromatic N) is 1. The molecule has 0 aliphatic heterocycles. The van der Waals surface area contributed by atoms with E-state index in [4.69, 9.17) is 5.11 Å². The van der Waals surface area contributed by atoms with E-state index in [0.717, 1.165) is 9.35 Å². The monoisotopic (exact) mass is 389 g/mol. The Bertz CT molecular complexity index is 641. The number of hydrogen-bond acceptors (Lipinski definition) is 5. The molecule has 0 aliphatic rings. The second-order valence-corrected chi connectivity index (χ2v) is 6.88. The molecule has 2 rings (SSSR count). The molecule has 2 heterocycles. The summed E-state index contributed by atoms with van der Waals surface area (Å²) in [6.45, 7) is 0.884. The van der Waals surface area contributed by atoms with E-state index in [1.807, 2.05) is 11.4 Å². The smallest absolute Gasteiger partial charge is 0.355 e. The van der Waals surface area contributed by atoms with Crippen LogP contribution in [0.25, 0.3) is 0 Å². The van der Waals surface area contributed by atoms with Crippen LogP contribution in [0.2, 0.25) is 0 Å². The number of carbonyl (C=O) groups excluding carboxylic acids is 1. The number of amides is 2. The van der Waals surface area contributed by atoms with Crippen LogP contribution in [0.5, 0.6) is 0 Å². The van der Waals surface area contributed by atoms with Crippen LogP contribution in [0.1, 0.15) is 20.4 Å². The number of halogens is 1. The minimum absolute atomic E-state index is 0.0442. The fraction of sp³-hybridized carbons (Fsp3) is 0.250. The first-order chi connectivity index (χ1) is 10.0. The summed E-state index contributed by atoms with van der Waals surface area (Å²) >= 11 is 6.19. The molecule has 0 spiro atoms. The van der Waals surface area contributed by atoms with Crippen molar-refractivity contribution in [3.63, 3.8) is 0 Å². The molecule has 0 bridgehead atoms. The zero-order valence-corrected chi connectivity index (χ0v) is 14.0. The molecule has 0 atom stereocenters. The van der Waals surface area contributed by atoms with Crippen molar-refractivity contribution in [2.75, 3.05) is 6.54 Å². The van der Waals surface area contributed by atoms with Gasteiger partial charge in [-0.25, -0.2) is 14.6 Å². The average Bonchev–Trinajstić information content (AvgIpc) is 3.05. The number of carboxylic acids is 1. The highest BCUT2D eigenvalue weighted by Gasteiger charge is 2.08. The summed E-state index contributed by atoms with van der Waals surface area (Å²) in [5, 5.41) is 18.4. The predicted octanol–water partition coefficient (Wildman–Crippen LogP) is 2.71. The van der Waals surface area contributed by atoms with Crippen LogP contribution in [-0.2, 0) is 13.0 Å². The van der Waals surface area contributed by atoms with Crippen molar-refractivity contribution < 1.29 is 14.7 Å². The Balaban J connectivity index is 1.67. The average molecular weight is 390 g/mol. The van der Waals surface area contributed by atoms with Gasteiger partial charge in [0.05, 0.1) is 11.6 Å². The third-order valence-electron chi connectivity index (χ3n) is 2.44. The summed E-state index contributed by atoms with van der Waals surface area (Å²) in [7, 11) is 0. The van der Waals surface area contributed by atoms with Crippen molar-refractivity contribution in [1.82, 2.24) is 15.6 Å². The number of carboxylic acid groups (broad SMARTS) is 1. The third kappa shape index (κ3) is 5.10. The molecule has 0 unspecified atom stereocenters. The number of carbonyl (C=O) groups is 2. The van der Waals surface area contributed by atoms with Gasteiger partial charge in [0.1, 0.15) is 0 Å². The van der Waals surface area contributed by atoms with Gasteiger partial charge in [-0.2, -0.15) is 0 Å². The largest absolute Gasteiger partial charge is 0.476 e. The van der Waals surface area contributed by atoms with Crippen LogP contribution >= 0.6 is 38.6 Å². The van der Waals surface area contributed by atoms with Gasteiger partial charge < -0.3 is 15.7 Å². The molecule has 9 heteroatoms. The first-order valence-corrected chi connectivity index (χ1v) is 8.52. The fourth-order valence-corrected chi connectivity index (χ4v) is 3.65. The van der Waals surface area contributed by atoms with Crippen molar-refractivity contribution in [3.8, 4) is 0 Å². The van der Waals surface area contributed by atoms with Crippen molar-refractivity contribution in [3.05, 3.63) is 36.9 Å². The van der Waals surface area contributed by atoms with Crippen LogP contribution in [0.4, 0.5) is 4.79 Å². The number of aromatic carboxylic acids is 1. The van der Waals surface area contributed by atoms with Gasteiger partial charge in [-0.05, 0) is 22.0 Å². The van der Waals surface area contributed by atoms with E-state index in [1.165, 1.54) is 16.7 Å². The molecule has 0 saturated heterocycles. The SMILES string of the molecule is O=C(NCCc1nc(C(=O)O)cs1)NCc1cc(Br)cs1. The summed E-state index contributed by atoms with van der Waals surface area (Å²) in [4.78, 5) is 27.3. The topological polar surface area (TPSA) is 91.3 Å². The molecule has 0 radical (unpaired) electrons. The maximum Gasteiger partial charge on any atom is 0.355 e. The number of thiophene rings is 1. The first-order valence-electron chi connectivity index (χ1n) is 5.97. The summed E-state index contributed by atoms with van der Waals surface area (Å²) in [5.41, 5.74) is 0.0442. The van der Waals surface area contributed by atoms with Gasteiger partial charge in [0.25, 0.3) is 0 Å². The van der Waals surface area contributed by atoms with Gasteiger partial charge in [0.15, 0.2) is 5.69 Å². The van der Waals surface area contributed by atoms with Gasteiger partial charge in [-0.15, -0.1) is 22.7 Å². The molecular formula is C12H12BrN3O3S2. The number of thiazole rings is 1. The van der Waals surface area contributed by atoms with E-state index in [2.05, 4.69) is 31.5 Å². The van der Waals surface area contributed by atoms with Crippen LogP contribution in [0.15, 0.2) is 21.3 Å². The van der Waals surface area contributed by atoms with E-state index < -0.39 is 5.97 Å². The molecule has 6 nitrogen and oxygen atoms in total. The van der Waals surface area contributed by atoms with Crippen molar-refractivity contribution in [2.24, 2.45) is 0 Å². The molecule has 2 aromatic heterocycles. The van der Waals surface area contributed by atoms with Gasteiger partial charge in [0.2, 0.25) is 0 Å². The van der Waals surface area contributed by atoms with Gasteiger partial charge in [-0.1, -0.05) is 0 Å². The highest BCUT2D eigenvalue weighted by Crippen LogP contribution is 2.19. The highest BCUT2D eigenvalue weighted by molar-refractivity contribution is 9.10. The highest BCUT2D eigenvalue weighted by atomic mass is 79.9. The van der Waals surface area contributed by atoms with Gasteiger partial charge in [0, 0.05) is 33.1 Å². The summed E-state index contributed by atoms with van der Waals surface area (Å²) in [5.74, 6) is -1.04. The number of urea groups is 1. The summed E-state index contributed by atoms with van der Waals surface area (Å²) in [6, 6.07) is 1.70. The van der Waals surface area contributed by atoms with E-state index in [-0.39, 0.29) is 11.7 Å². The zero-order valence-electron chi connectivity index (χ0n) is 10.8. The lowest BCUT2D eigenvalue weighted by atomic mass is 10.4. The summed E-state index contributed by atoms with van der Waals surface area (Å²) in [6.07, 6.45) is 0.510. The van der Waals surface area contributed by atoms with Gasteiger partial charge in [-0.3, -0.25) is 0 Å². The summed E-state index contributed by atoms with van der Waals surface area (Å²) < 4.78 is 1.00. The van der Waals surface area contributed by atoms with Crippen molar-refractivity contribution in [2.45, 2.75) is 13.0 Å². The maximum atomic E-state index is 11.6. The number of hydrogen-bond donors (Lipinski definition) is 3. The third-order valence-corrected chi connectivity index (χ3v) is 5.05. The predicted molar refractivity (Wildman–Crippen MR) is 85.0 cm³/mol. The number of nitrogens with one attached hydrogen (secondary N) is 2. The first kappa shape index (κ1) is 15.9. The molecule has 21 heavy (non-hydrogen) atoms. The minimum atomic E-state index is -1.04. The van der Waals surface area contributed by atoms with Crippen LogP contribution in [0, 0.1) is 0 Å². The molecule has 0 aliphatic carbocycles. The molecule has 2 aromatic rings. The molecule has 3 N–H and O–H groups in total. The normalized spacial score (nSPS) is 10.3. The molecule has 0 fully saturated rings. The van der Waals surface area contributed by atoms with Gasteiger partial charge >= 0.3 is 12.0 Å². The number of rotatable bonds is 6. The minimum Gasteiger partial charge on any atom is -0.476 e. The Morgan fingerprint density at radius 3 is 2.71 bits per heavy atom. The lowest BCUT2D eigenvalue weighted by Gasteiger charge is -2.05.